The highest BCUT2D eigenvalue weighted by Gasteiger charge is 2.10. The zero-order valence-electron chi connectivity index (χ0n) is 16.1. The predicted octanol–water partition coefficient (Wildman–Crippen LogP) is 4.31. The Bertz CT molecular complexity index is 1180. The minimum atomic E-state index is -0.302. The molecule has 0 saturated carbocycles. The third-order valence-corrected chi connectivity index (χ3v) is 4.69. The lowest BCUT2D eigenvalue weighted by atomic mass is 10.1. The van der Waals surface area contributed by atoms with E-state index in [0.29, 0.717) is 22.3 Å². The molecular weight excluding hydrogens is 402 g/mol. The average Bonchev–Trinajstić information content (AvgIpc) is 3.19. The number of carbonyl (C=O) groups is 1. The maximum absolute atomic E-state index is 12.3. The molecule has 0 bridgehead atoms. The molecule has 0 aliphatic heterocycles. The van der Waals surface area contributed by atoms with Gasteiger partial charge in [-0.3, -0.25) is 4.79 Å². The van der Waals surface area contributed by atoms with Gasteiger partial charge in [0.2, 0.25) is 0 Å². The number of benzene rings is 3. The third-order valence-electron chi connectivity index (χ3n) is 4.40. The van der Waals surface area contributed by atoms with E-state index < -0.39 is 0 Å². The van der Waals surface area contributed by atoms with Crippen molar-refractivity contribution in [2.45, 2.75) is 6.92 Å². The highest BCUT2D eigenvalue weighted by molar-refractivity contribution is 6.32. The van der Waals surface area contributed by atoms with E-state index in [0.717, 1.165) is 16.8 Å². The van der Waals surface area contributed by atoms with Crippen LogP contribution >= 0.6 is 11.6 Å². The number of amides is 1. The van der Waals surface area contributed by atoms with E-state index in [2.05, 4.69) is 20.8 Å². The number of tetrazole rings is 1. The van der Waals surface area contributed by atoms with Gasteiger partial charge in [-0.1, -0.05) is 54.1 Å². The number of hydrogen-bond donors (Lipinski definition) is 1. The van der Waals surface area contributed by atoms with Gasteiger partial charge in [0.15, 0.2) is 12.4 Å². The smallest absolute Gasteiger partial charge is 0.262 e. The van der Waals surface area contributed by atoms with Gasteiger partial charge < -0.3 is 10.1 Å². The minimum Gasteiger partial charge on any atom is -0.482 e. The zero-order valence-corrected chi connectivity index (χ0v) is 16.9. The Morgan fingerprint density at radius 3 is 2.60 bits per heavy atom. The van der Waals surface area contributed by atoms with E-state index in [9.17, 15) is 4.79 Å². The maximum Gasteiger partial charge on any atom is 0.262 e. The summed E-state index contributed by atoms with van der Waals surface area (Å²) in [5.74, 6) is 0.795. The van der Waals surface area contributed by atoms with Crippen molar-refractivity contribution in [1.29, 1.82) is 0 Å². The molecule has 0 saturated heterocycles. The summed E-state index contributed by atoms with van der Waals surface area (Å²) in [4.78, 5) is 12.3. The fourth-order valence-electron chi connectivity index (χ4n) is 2.95. The first-order valence-electron chi connectivity index (χ1n) is 9.23. The van der Waals surface area contributed by atoms with Crippen LogP contribution in [-0.4, -0.2) is 32.7 Å². The number of aromatic nitrogens is 4. The molecule has 8 heteroatoms. The number of nitrogens with zero attached hydrogens (tertiary/aromatic N) is 4. The standard InChI is InChI=1S/C22H18ClN5O2/c1-15-25-26-27-28(15)19-9-5-8-18(13-19)24-22(29)14-30-21-11-10-17(12-20(21)23)16-6-3-2-4-7-16/h2-13H,14H2,1H3,(H,24,29). The molecule has 4 rings (SSSR count). The minimum absolute atomic E-state index is 0.168. The summed E-state index contributed by atoms with van der Waals surface area (Å²) < 4.78 is 7.19. The highest BCUT2D eigenvalue weighted by Crippen LogP contribution is 2.30. The monoisotopic (exact) mass is 419 g/mol. The molecule has 1 amide bonds. The Labute approximate surface area is 178 Å². The lowest BCUT2D eigenvalue weighted by molar-refractivity contribution is -0.118. The highest BCUT2D eigenvalue weighted by atomic mass is 35.5. The lowest BCUT2D eigenvalue weighted by Crippen LogP contribution is -2.20. The van der Waals surface area contributed by atoms with Gasteiger partial charge in [-0.05, 0) is 58.8 Å². The van der Waals surface area contributed by atoms with Crippen LogP contribution in [-0.2, 0) is 4.79 Å². The number of rotatable bonds is 6. The Kier molecular flexibility index (Phi) is 5.72. The van der Waals surface area contributed by atoms with Crippen LogP contribution in [0.2, 0.25) is 5.02 Å². The number of hydrogen-bond acceptors (Lipinski definition) is 5. The third kappa shape index (κ3) is 4.47. The molecule has 0 spiro atoms. The predicted molar refractivity (Wildman–Crippen MR) is 115 cm³/mol. The van der Waals surface area contributed by atoms with Crippen molar-refractivity contribution < 1.29 is 9.53 Å². The van der Waals surface area contributed by atoms with E-state index in [4.69, 9.17) is 16.3 Å². The SMILES string of the molecule is Cc1nnnn1-c1cccc(NC(=O)COc2ccc(-c3ccccc3)cc2Cl)c1. The second-order valence-corrected chi connectivity index (χ2v) is 6.94. The summed E-state index contributed by atoms with van der Waals surface area (Å²) in [6.45, 7) is 1.63. The van der Waals surface area contributed by atoms with Crippen molar-refractivity contribution in [3.8, 4) is 22.6 Å². The normalized spacial score (nSPS) is 10.6. The summed E-state index contributed by atoms with van der Waals surface area (Å²) in [6.07, 6.45) is 0. The number of nitrogens with one attached hydrogen (secondary N) is 1. The molecule has 0 aliphatic rings. The fourth-order valence-corrected chi connectivity index (χ4v) is 3.19. The molecule has 0 atom stereocenters. The molecule has 0 aliphatic carbocycles. The molecule has 1 N–H and O–H groups in total. The molecule has 7 nitrogen and oxygen atoms in total. The summed E-state index contributed by atoms with van der Waals surface area (Å²) in [5, 5.41) is 14.7. The first-order valence-corrected chi connectivity index (χ1v) is 9.61. The maximum atomic E-state index is 12.3. The topological polar surface area (TPSA) is 81.9 Å². The first kappa shape index (κ1) is 19.6. The van der Waals surface area contributed by atoms with Crippen LogP contribution in [0.3, 0.4) is 0 Å². The molecule has 0 unspecified atom stereocenters. The van der Waals surface area contributed by atoms with Gasteiger partial charge in [0.05, 0.1) is 10.7 Å². The van der Waals surface area contributed by atoms with Crippen molar-refractivity contribution in [3.63, 3.8) is 0 Å². The summed E-state index contributed by atoms with van der Waals surface area (Å²) in [7, 11) is 0. The van der Waals surface area contributed by atoms with Crippen molar-refractivity contribution in [1.82, 2.24) is 20.2 Å². The number of carbonyl (C=O) groups excluding carboxylic acids is 1. The summed E-state index contributed by atoms with van der Waals surface area (Å²) >= 11 is 6.34. The molecule has 1 heterocycles. The van der Waals surface area contributed by atoms with Crippen LogP contribution in [0.15, 0.2) is 72.8 Å². The van der Waals surface area contributed by atoms with Crippen molar-refractivity contribution in [2.75, 3.05) is 11.9 Å². The number of halogens is 1. The van der Waals surface area contributed by atoms with E-state index >= 15 is 0 Å². The van der Waals surface area contributed by atoms with Crippen molar-refractivity contribution >= 4 is 23.2 Å². The molecule has 30 heavy (non-hydrogen) atoms. The van der Waals surface area contributed by atoms with Gasteiger partial charge in [0.25, 0.3) is 5.91 Å². The molecule has 150 valence electrons. The average molecular weight is 420 g/mol. The van der Waals surface area contributed by atoms with Crippen LogP contribution < -0.4 is 10.1 Å². The van der Waals surface area contributed by atoms with E-state index in [1.165, 1.54) is 0 Å². The van der Waals surface area contributed by atoms with Gasteiger partial charge in [-0.25, -0.2) is 0 Å². The van der Waals surface area contributed by atoms with Gasteiger partial charge >= 0.3 is 0 Å². The Morgan fingerprint density at radius 1 is 1.03 bits per heavy atom. The summed E-state index contributed by atoms with van der Waals surface area (Å²) in [6, 6.07) is 22.6. The van der Waals surface area contributed by atoms with Gasteiger partial charge in [-0.2, -0.15) is 4.68 Å². The molecule has 3 aromatic carbocycles. The number of aryl methyl sites for hydroxylation is 1. The van der Waals surface area contributed by atoms with Crippen LogP contribution in [0.5, 0.6) is 5.75 Å². The molecule has 0 fully saturated rings. The second-order valence-electron chi connectivity index (χ2n) is 6.54. The molecule has 1 aromatic heterocycles. The van der Waals surface area contributed by atoms with Gasteiger partial charge in [0.1, 0.15) is 5.75 Å². The Balaban J connectivity index is 1.39. The van der Waals surface area contributed by atoms with Crippen LogP contribution in [0.25, 0.3) is 16.8 Å². The Morgan fingerprint density at radius 2 is 1.87 bits per heavy atom. The molecule has 4 aromatic rings. The lowest BCUT2D eigenvalue weighted by Gasteiger charge is -2.11. The molecular formula is C22H18ClN5O2. The Hall–Kier alpha value is -3.71. The van der Waals surface area contributed by atoms with E-state index in [1.54, 1.807) is 29.8 Å². The summed E-state index contributed by atoms with van der Waals surface area (Å²) in [5.41, 5.74) is 3.39. The fraction of sp³-hybridized carbons (Fsp3) is 0.0909. The van der Waals surface area contributed by atoms with Crippen molar-refractivity contribution in [2.24, 2.45) is 0 Å². The zero-order chi connectivity index (χ0) is 20.9. The van der Waals surface area contributed by atoms with E-state index in [-0.39, 0.29) is 12.5 Å². The van der Waals surface area contributed by atoms with Crippen LogP contribution in [0.1, 0.15) is 5.82 Å². The second kappa shape index (κ2) is 8.75. The first-order chi connectivity index (χ1) is 14.6. The quantitative estimate of drug-likeness (QED) is 0.503. The van der Waals surface area contributed by atoms with Crippen molar-refractivity contribution in [3.05, 3.63) is 83.6 Å². The van der Waals surface area contributed by atoms with E-state index in [1.807, 2.05) is 54.6 Å². The number of ether oxygens (including phenoxy) is 1. The van der Waals surface area contributed by atoms with Gasteiger partial charge in [-0.15, -0.1) is 5.10 Å². The largest absolute Gasteiger partial charge is 0.482 e. The molecule has 0 radical (unpaired) electrons. The van der Waals surface area contributed by atoms with Crippen LogP contribution in [0, 0.1) is 6.92 Å². The van der Waals surface area contributed by atoms with Crippen LogP contribution in [0.4, 0.5) is 5.69 Å². The number of anilines is 1. The van der Waals surface area contributed by atoms with Gasteiger partial charge in [0, 0.05) is 5.69 Å².